The molecule has 0 spiro atoms. The van der Waals surface area contributed by atoms with Gasteiger partial charge in [0.15, 0.2) is 17.3 Å². The van der Waals surface area contributed by atoms with Gasteiger partial charge in [0, 0.05) is 54.6 Å². The van der Waals surface area contributed by atoms with E-state index in [2.05, 4.69) is 9.88 Å². The van der Waals surface area contributed by atoms with Crippen molar-refractivity contribution in [2.75, 3.05) is 12.3 Å². The number of phenolic OH excluding ortho intramolecular Hbond substituents is 3. The number of aromatic hydroxyl groups is 3. The van der Waals surface area contributed by atoms with Crippen LogP contribution in [0, 0.1) is 0 Å². The van der Waals surface area contributed by atoms with Crippen LogP contribution in [0.15, 0.2) is 42.6 Å². The lowest BCUT2D eigenvalue weighted by Gasteiger charge is -2.28. The van der Waals surface area contributed by atoms with Gasteiger partial charge in [-0.15, -0.1) is 0 Å². The first kappa shape index (κ1) is 17.1. The van der Waals surface area contributed by atoms with Crippen LogP contribution >= 0.6 is 0 Å². The van der Waals surface area contributed by atoms with E-state index in [9.17, 15) is 15.3 Å². The van der Waals surface area contributed by atoms with Crippen molar-refractivity contribution in [1.82, 2.24) is 14.9 Å². The summed E-state index contributed by atoms with van der Waals surface area (Å²) in [5.74, 6) is -0.413. The van der Waals surface area contributed by atoms with Gasteiger partial charge >= 0.3 is 0 Å². The first-order valence-corrected chi connectivity index (χ1v) is 8.67. The Bertz CT molecular complexity index is 989. The molecule has 0 fully saturated rings. The Hall–Kier alpha value is -3.32. The summed E-state index contributed by atoms with van der Waals surface area (Å²) in [7, 11) is 0. The number of benzene rings is 2. The topological polar surface area (TPSA) is 116 Å². The number of fused-ring (bicyclic) bond motifs is 1. The van der Waals surface area contributed by atoms with Gasteiger partial charge in [0.05, 0.1) is 5.69 Å². The Morgan fingerprint density at radius 1 is 1.00 bits per heavy atom. The molecule has 0 aliphatic carbocycles. The summed E-state index contributed by atoms with van der Waals surface area (Å²) >= 11 is 0. The molecule has 3 aromatic rings. The minimum atomic E-state index is -0.485. The minimum absolute atomic E-state index is 0.282. The zero-order valence-electron chi connectivity index (χ0n) is 14.6. The van der Waals surface area contributed by atoms with Crippen molar-refractivity contribution in [3.63, 3.8) is 0 Å². The molecule has 7 nitrogen and oxygen atoms in total. The molecule has 27 heavy (non-hydrogen) atoms. The van der Waals surface area contributed by atoms with E-state index in [-0.39, 0.29) is 11.5 Å². The average Bonchev–Trinajstić information content (AvgIpc) is 2.68. The number of rotatable bonds is 3. The lowest BCUT2D eigenvalue weighted by Crippen LogP contribution is -2.31. The third-order valence-corrected chi connectivity index (χ3v) is 4.79. The van der Waals surface area contributed by atoms with Crippen molar-refractivity contribution >= 4 is 5.69 Å². The molecule has 2 aromatic carbocycles. The maximum Gasteiger partial charge on any atom is 0.200 e. The lowest BCUT2D eigenvalue weighted by atomic mass is 10.0. The van der Waals surface area contributed by atoms with Crippen molar-refractivity contribution < 1.29 is 15.3 Å². The predicted octanol–water partition coefficient (Wildman–Crippen LogP) is 2.40. The number of nitrogen functional groups attached to an aromatic ring is 1. The molecule has 1 aromatic heterocycles. The normalized spacial score (nSPS) is 14.1. The standard InChI is InChI=1S/C20H20N4O3/c21-15-4-1-12(2-5-15)20-22-9-14-11-24(8-7-16(14)23-20)10-13-3-6-17(25)19(27)18(13)26/h1-6,9,25-27H,7-8,10-11,21H2. The smallest absolute Gasteiger partial charge is 0.200 e. The molecule has 0 unspecified atom stereocenters. The molecule has 2 heterocycles. The van der Waals surface area contributed by atoms with E-state index in [1.54, 1.807) is 6.07 Å². The third-order valence-electron chi connectivity index (χ3n) is 4.79. The Morgan fingerprint density at radius 2 is 1.78 bits per heavy atom. The van der Waals surface area contributed by atoms with Crippen LogP contribution in [0.4, 0.5) is 5.69 Å². The summed E-state index contributed by atoms with van der Waals surface area (Å²) in [6.45, 7) is 1.88. The number of anilines is 1. The molecule has 0 bridgehead atoms. The summed E-state index contributed by atoms with van der Waals surface area (Å²) in [5.41, 5.74) is 9.99. The van der Waals surface area contributed by atoms with E-state index in [4.69, 9.17) is 10.7 Å². The fourth-order valence-corrected chi connectivity index (χ4v) is 3.26. The average molecular weight is 364 g/mol. The molecule has 138 valence electrons. The molecule has 0 saturated heterocycles. The van der Waals surface area contributed by atoms with Crippen LogP contribution in [-0.2, 0) is 19.5 Å². The fraction of sp³-hybridized carbons (Fsp3) is 0.200. The zero-order chi connectivity index (χ0) is 19.0. The SMILES string of the molecule is Nc1ccc(-c2ncc3c(n2)CCN(Cc2ccc(O)c(O)c2O)C3)cc1. The van der Waals surface area contributed by atoms with Gasteiger partial charge in [-0.25, -0.2) is 9.97 Å². The van der Waals surface area contributed by atoms with E-state index in [0.29, 0.717) is 30.2 Å². The van der Waals surface area contributed by atoms with Crippen LogP contribution in [0.2, 0.25) is 0 Å². The maximum absolute atomic E-state index is 10.0. The van der Waals surface area contributed by atoms with E-state index in [0.717, 1.165) is 29.8 Å². The number of nitrogens with two attached hydrogens (primary N) is 1. The molecule has 0 saturated carbocycles. The van der Waals surface area contributed by atoms with Gasteiger partial charge in [0.2, 0.25) is 5.75 Å². The van der Waals surface area contributed by atoms with Crippen molar-refractivity contribution in [1.29, 1.82) is 0 Å². The summed E-state index contributed by atoms with van der Waals surface area (Å²) in [5, 5.41) is 29.1. The van der Waals surface area contributed by atoms with Gasteiger partial charge in [0.1, 0.15) is 0 Å². The van der Waals surface area contributed by atoms with Crippen molar-refractivity contribution in [2.45, 2.75) is 19.5 Å². The van der Waals surface area contributed by atoms with E-state index < -0.39 is 5.75 Å². The fourth-order valence-electron chi connectivity index (χ4n) is 3.26. The van der Waals surface area contributed by atoms with Gasteiger partial charge in [-0.05, 0) is 30.3 Å². The second-order valence-electron chi connectivity index (χ2n) is 6.69. The molecule has 0 radical (unpaired) electrons. The predicted molar refractivity (Wildman–Crippen MR) is 101 cm³/mol. The molecule has 1 aliphatic heterocycles. The van der Waals surface area contributed by atoms with Crippen molar-refractivity contribution in [2.24, 2.45) is 0 Å². The van der Waals surface area contributed by atoms with Gasteiger partial charge in [-0.3, -0.25) is 4.90 Å². The second-order valence-corrected chi connectivity index (χ2v) is 6.69. The van der Waals surface area contributed by atoms with Gasteiger partial charge in [-0.1, -0.05) is 6.07 Å². The van der Waals surface area contributed by atoms with Gasteiger partial charge in [-0.2, -0.15) is 0 Å². The van der Waals surface area contributed by atoms with E-state index in [1.165, 1.54) is 6.07 Å². The Kier molecular flexibility index (Phi) is 4.29. The van der Waals surface area contributed by atoms with Crippen LogP contribution in [0.25, 0.3) is 11.4 Å². The van der Waals surface area contributed by atoms with E-state index >= 15 is 0 Å². The Balaban J connectivity index is 1.52. The maximum atomic E-state index is 10.0. The first-order chi connectivity index (χ1) is 13.0. The summed E-state index contributed by atoms with van der Waals surface area (Å²) in [6, 6.07) is 10.5. The highest BCUT2D eigenvalue weighted by atomic mass is 16.3. The lowest BCUT2D eigenvalue weighted by molar-refractivity contribution is 0.238. The highest BCUT2D eigenvalue weighted by molar-refractivity contribution is 5.59. The third kappa shape index (κ3) is 3.37. The molecule has 7 heteroatoms. The van der Waals surface area contributed by atoms with Gasteiger partial charge < -0.3 is 21.1 Å². The second kappa shape index (κ2) is 6.77. The van der Waals surface area contributed by atoms with Crippen LogP contribution in [0.3, 0.4) is 0 Å². The Morgan fingerprint density at radius 3 is 2.56 bits per heavy atom. The van der Waals surface area contributed by atoms with Crippen molar-refractivity contribution in [3.05, 3.63) is 59.4 Å². The van der Waals surface area contributed by atoms with Crippen molar-refractivity contribution in [3.8, 4) is 28.6 Å². The number of nitrogens with zero attached hydrogens (tertiary/aromatic N) is 3. The zero-order valence-corrected chi connectivity index (χ0v) is 14.6. The van der Waals surface area contributed by atoms with Gasteiger partial charge in [0.25, 0.3) is 0 Å². The molecule has 0 amide bonds. The number of hydrogen-bond donors (Lipinski definition) is 4. The van der Waals surface area contributed by atoms with Crippen LogP contribution in [-0.4, -0.2) is 36.7 Å². The number of aromatic nitrogens is 2. The van der Waals surface area contributed by atoms with E-state index in [1.807, 2.05) is 30.5 Å². The summed E-state index contributed by atoms with van der Waals surface area (Å²) in [4.78, 5) is 11.3. The minimum Gasteiger partial charge on any atom is -0.504 e. The quantitative estimate of drug-likeness (QED) is 0.416. The first-order valence-electron chi connectivity index (χ1n) is 8.67. The largest absolute Gasteiger partial charge is 0.504 e. The Labute approximate surface area is 156 Å². The van der Waals surface area contributed by atoms with Crippen LogP contribution in [0.1, 0.15) is 16.8 Å². The highest BCUT2D eigenvalue weighted by Gasteiger charge is 2.21. The molecule has 4 rings (SSSR count). The number of phenols is 3. The van der Waals surface area contributed by atoms with Crippen LogP contribution < -0.4 is 5.73 Å². The van der Waals surface area contributed by atoms with Crippen LogP contribution in [0.5, 0.6) is 17.2 Å². The summed E-state index contributed by atoms with van der Waals surface area (Å²) < 4.78 is 0. The molecular weight excluding hydrogens is 344 g/mol. The molecular formula is C20H20N4O3. The molecule has 1 aliphatic rings. The summed E-state index contributed by atoms with van der Waals surface area (Å²) in [6.07, 6.45) is 2.61. The molecule has 5 N–H and O–H groups in total. The highest BCUT2D eigenvalue weighted by Crippen LogP contribution is 2.38. The molecule has 0 atom stereocenters. The monoisotopic (exact) mass is 364 g/mol. The number of hydrogen-bond acceptors (Lipinski definition) is 7.